The predicted octanol–water partition coefficient (Wildman–Crippen LogP) is 15.6. The minimum Gasteiger partial charge on any atom is -0.247 e. The summed E-state index contributed by atoms with van der Waals surface area (Å²) in [5, 5.41) is 9.43. The maximum absolute atomic E-state index is 5.35. The number of benzene rings is 10. The number of para-hydroxylation sites is 2. The van der Waals surface area contributed by atoms with E-state index in [0.29, 0.717) is 5.82 Å². The second kappa shape index (κ2) is 14.8. The van der Waals surface area contributed by atoms with E-state index >= 15 is 0 Å². The van der Waals surface area contributed by atoms with Crippen molar-refractivity contribution in [3.63, 3.8) is 0 Å². The number of hydrogen-bond acceptors (Lipinski definition) is 3. The Bertz CT molecular complexity index is 3690. The van der Waals surface area contributed by atoms with Gasteiger partial charge in [-0.2, -0.15) is 0 Å². The monoisotopic (exact) mass is 787 g/mol. The van der Waals surface area contributed by atoms with Gasteiger partial charge in [-0.05, 0) is 91.3 Å². The van der Waals surface area contributed by atoms with Crippen molar-refractivity contribution in [2.24, 2.45) is 0 Å². The van der Waals surface area contributed by atoms with Gasteiger partial charge < -0.3 is 0 Å². The summed E-state index contributed by atoms with van der Waals surface area (Å²) in [5.74, 6) is 0.702. The molecule has 12 aromatic rings. The number of pyridine rings is 1. The van der Waals surface area contributed by atoms with Gasteiger partial charge in [-0.3, -0.25) is 0 Å². The van der Waals surface area contributed by atoms with Crippen molar-refractivity contribution in [3.8, 4) is 67.3 Å². The summed E-state index contributed by atoms with van der Waals surface area (Å²) in [7, 11) is 0. The first-order valence-electron chi connectivity index (χ1n) is 21.1. The number of fused-ring (bicyclic) bond motifs is 7. The molecular weight excluding hydrogens is 751 g/mol. The summed E-state index contributed by atoms with van der Waals surface area (Å²) in [6, 6.07) is 79.9. The SMILES string of the molecule is c1ccc(-c2cccc(-c3nc(-c4cccc(-c5ccc(-c6cc7c(-c8ccc9ccccc9c8)nc8ccccc8c7c7ccccc67)cc5)c4)nc4ccccc34)c2)cc1. The molecule has 0 amide bonds. The molecule has 0 radical (unpaired) electrons. The Kier molecular flexibility index (Phi) is 8.50. The van der Waals surface area contributed by atoms with Gasteiger partial charge in [-0.1, -0.05) is 188 Å². The highest BCUT2D eigenvalue weighted by molar-refractivity contribution is 6.25. The third-order valence-corrected chi connectivity index (χ3v) is 12.2. The molecule has 10 aromatic carbocycles. The number of hydrogen-bond donors (Lipinski definition) is 0. The quantitative estimate of drug-likeness (QED) is 0.158. The lowest BCUT2D eigenvalue weighted by Crippen LogP contribution is -1.95. The van der Waals surface area contributed by atoms with Crippen molar-refractivity contribution in [1.29, 1.82) is 0 Å². The average Bonchev–Trinajstić information content (AvgIpc) is 3.35. The summed E-state index contributed by atoms with van der Waals surface area (Å²) in [6.45, 7) is 0. The van der Waals surface area contributed by atoms with Crippen LogP contribution in [0.15, 0.2) is 224 Å². The standard InChI is InChI=1S/C59H37N3/c1-2-14-38(15-3-1)43-18-12-20-45(34-43)57-51-25-9-11-27-55(51)61-59(62-57)47-21-13-19-44(36-47)40-28-31-41(32-29-40)52-37-53-56(49-23-7-6-22-48(49)52)50-24-8-10-26-54(50)60-58(53)46-33-30-39-16-4-5-17-42(39)35-46/h1-37H. The molecule has 0 saturated carbocycles. The van der Waals surface area contributed by atoms with Gasteiger partial charge in [-0.25, -0.2) is 15.0 Å². The predicted molar refractivity (Wildman–Crippen MR) is 260 cm³/mol. The van der Waals surface area contributed by atoms with Crippen molar-refractivity contribution in [2.75, 3.05) is 0 Å². The maximum atomic E-state index is 5.35. The molecule has 288 valence electrons. The highest BCUT2D eigenvalue weighted by Gasteiger charge is 2.18. The van der Waals surface area contributed by atoms with Gasteiger partial charge in [0.1, 0.15) is 0 Å². The van der Waals surface area contributed by atoms with Crippen LogP contribution < -0.4 is 0 Å². The van der Waals surface area contributed by atoms with E-state index in [1.54, 1.807) is 0 Å². The molecule has 0 atom stereocenters. The topological polar surface area (TPSA) is 38.7 Å². The van der Waals surface area contributed by atoms with Crippen molar-refractivity contribution in [1.82, 2.24) is 15.0 Å². The molecule has 0 unspecified atom stereocenters. The largest absolute Gasteiger partial charge is 0.247 e. The van der Waals surface area contributed by atoms with Crippen LogP contribution in [0.1, 0.15) is 0 Å². The van der Waals surface area contributed by atoms with E-state index in [1.165, 1.54) is 38.1 Å². The van der Waals surface area contributed by atoms with Crippen LogP contribution >= 0.6 is 0 Å². The molecule has 0 N–H and O–H groups in total. The first kappa shape index (κ1) is 35.7. The summed E-state index contributed by atoms with van der Waals surface area (Å²) in [5.41, 5.74) is 13.9. The van der Waals surface area contributed by atoms with Crippen LogP contribution in [0.5, 0.6) is 0 Å². The molecule has 0 aliphatic carbocycles. The lowest BCUT2D eigenvalue weighted by molar-refractivity contribution is 1.23. The number of aromatic nitrogens is 3. The molecular formula is C59H37N3. The minimum absolute atomic E-state index is 0.702. The van der Waals surface area contributed by atoms with E-state index in [1.807, 2.05) is 6.07 Å². The van der Waals surface area contributed by atoms with Crippen LogP contribution in [-0.4, -0.2) is 15.0 Å². The first-order valence-corrected chi connectivity index (χ1v) is 21.1. The summed E-state index contributed by atoms with van der Waals surface area (Å²) in [4.78, 5) is 15.7. The fourth-order valence-corrected chi connectivity index (χ4v) is 9.19. The summed E-state index contributed by atoms with van der Waals surface area (Å²) >= 11 is 0. The van der Waals surface area contributed by atoms with E-state index in [4.69, 9.17) is 15.0 Å². The zero-order valence-corrected chi connectivity index (χ0v) is 33.7. The third-order valence-electron chi connectivity index (χ3n) is 12.2. The Morgan fingerprint density at radius 3 is 1.55 bits per heavy atom. The Hall–Kier alpha value is -8.27. The van der Waals surface area contributed by atoms with Crippen molar-refractivity contribution in [2.45, 2.75) is 0 Å². The van der Waals surface area contributed by atoms with Crippen LogP contribution in [0.2, 0.25) is 0 Å². The van der Waals surface area contributed by atoms with E-state index in [9.17, 15) is 0 Å². The van der Waals surface area contributed by atoms with E-state index in [0.717, 1.165) is 77.5 Å². The van der Waals surface area contributed by atoms with Gasteiger partial charge in [0.25, 0.3) is 0 Å². The number of rotatable bonds is 6. The second-order valence-corrected chi connectivity index (χ2v) is 15.9. The Balaban J connectivity index is 0.957. The van der Waals surface area contributed by atoms with Crippen LogP contribution in [0.25, 0.3) is 121 Å². The molecule has 0 aliphatic rings. The minimum atomic E-state index is 0.702. The molecule has 3 heteroatoms. The fourth-order valence-electron chi connectivity index (χ4n) is 9.19. The molecule has 0 fully saturated rings. The molecule has 0 bridgehead atoms. The van der Waals surface area contributed by atoms with E-state index < -0.39 is 0 Å². The number of nitrogens with zero attached hydrogens (tertiary/aromatic N) is 3. The Morgan fingerprint density at radius 2 is 0.758 bits per heavy atom. The summed E-state index contributed by atoms with van der Waals surface area (Å²) in [6.07, 6.45) is 0. The normalized spacial score (nSPS) is 11.5. The smallest absolute Gasteiger partial charge is 0.160 e. The molecule has 0 spiro atoms. The van der Waals surface area contributed by atoms with Gasteiger partial charge in [0.15, 0.2) is 5.82 Å². The van der Waals surface area contributed by atoms with Gasteiger partial charge in [-0.15, -0.1) is 0 Å². The van der Waals surface area contributed by atoms with E-state index in [-0.39, 0.29) is 0 Å². The molecule has 0 saturated heterocycles. The van der Waals surface area contributed by atoms with E-state index in [2.05, 4.69) is 218 Å². The fraction of sp³-hybridized carbons (Fsp3) is 0. The highest BCUT2D eigenvalue weighted by atomic mass is 14.9. The van der Waals surface area contributed by atoms with Gasteiger partial charge in [0.05, 0.1) is 22.4 Å². The zero-order valence-electron chi connectivity index (χ0n) is 33.7. The van der Waals surface area contributed by atoms with Crippen molar-refractivity contribution >= 4 is 54.1 Å². The molecule has 3 nitrogen and oxygen atoms in total. The maximum Gasteiger partial charge on any atom is 0.160 e. The molecule has 12 rings (SSSR count). The molecule has 2 heterocycles. The third kappa shape index (κ3) is 6.18. The molecule has 0 aliphatic heterocycles. The lowest BCUT2D eigenvalue weighted by atomic mass is 9.89. The van der Waals surface area contributed by atoms with Crippen LogP contribution in [0, 0.1) is 0 Å². The van der Waals surface area contributed by atoms with Gasteiger partial charge >= 0.3 is 0 Å². The Morgan fingerprint density at radius 1 is 0.242 bits per heavy atom. The summed E-state index contributed by atoms with van der Waals surface area (Å²) < 4.78 is 0. The van der Waals surface area contributed by atoms with Crippen LogP contribution in [0.3, 0.4) is 0 Å². The van der Waals surface area contributed by atoms with Crippen molar-refractivity contribution in [3.05, 3.63) is 224 Å². The van der Waals surface area contributed by atoms with Gasteiger partial charge in [0.2, 0.25) is 0 Å². The van der Waals surface area contributed by atoms with Gasteiger partial charge in [0, 0.05) is 38.2 Å². The van der Waals surface area contributed by atoms with Crippen molar-refractivity contribution < 1.29 is 0 Å². The lowest BCUT2D eigenvalue weighted by Gasteiger charge is -2.16. The second-order valence-electron chi connectivity index (χ2n) is 15.9. The highest BCUT2D eigenvalue weighted by Crippen LogP contribution is 2.42. The van der Waals surface area contributed by atoms with Crippen LogP contribution in [0.4, 0.5) is 0 Å². The molecule has 2 aromatic heterocycles. The zero-order chi connectivity index (χ0) is 41.0. The average molecular weight is 788 g/mol. The molecule has 62 heavy (non-hydrogen) atoms. The Labute approximate surface area is 359 Å². The first-order chi connectivity index (χ1) is 30.7. The van der Waals surface area contributed by atoms with Crippen LogP contribution in [-0.2, 0) is 0 Å².